The summed E-state index contributed by atoms with van der Waals surface area (Å²) in [6, 6.07) is 3.00. The lowest BCUT2D eigenvalue weighted by Gasteiger charge is -2.56. The molecule has 5 rings (SSSR count). The molecule has 4 fully saturated rings. The predicted octanol–water partition coefficient (Wildman–Crippen LogP) is 6.08. The molecule has 0 aromatic heterocycles. The van der Waals surface area contributed by atoms with E-state index in [0.717, 1.165) is 17.8 Å². The summed E-state index contributed by atoms with van der Waals surface area (Å²) in [6.07, 6.45) is 8.43. The molecule has 4 aliphatic rings. The van der Waals surface area contributed by atoms with E-state index in [1.165, 1.54) is 50.7 Å². The lowest BCUT2D eigenvalue weighted by Crippen LogP contribution is -2.52. The summed E-state index contributed by atoms with van der Waals surface area (Å²) >= 11 is 12.4. The summed E-state index contributed by atoms with van der Waals surface area (Å²) in [7, 11) is 0. The van der Waals surface area contributed by atoms with Crippen molar-refractivity contribution in [2.45, 2.75) is 57.5 Å². The van der Waals surface area contributed by atoms with Gasteiger partial charge in [0, 0.05) is 5.56 Å². The molecule has 0 unspecified atom stereocenters. The normalized spacial score (nSPS) is 25.4. The number of allylic oxidation sites excluding steroid dienone is 1. The van der Waals surface area contributed by atoms with Crippen LogP contribution >= 0.6 is 23.2 Å². The van der Waals surface area contributed by atoms with Gasteiger partial charge < -0.3 is 23.7 Å². The number of rotatable bonds is 16. The van der Waals surface area contributed by atoms with Gasteiger partial charge in [-0.25, -0.2) is 4.79 Å². The third kappa shape index (κ3) is 7.51. The minimum atomic E-state index is -0.571. The summed E-state index contributed by atoms with van der Waals surface area (Å²) in [5.41, 5.74) is 0.789. The van der Waals surface area contributed by atoms with Crippen molar-refractivity contribution in [3.05, 3.63) is 39.9 Å². The molecule has 0 amide bonds. The number of hydrogen-bond acceptors (Lipinski definition) is 7. The van der Waals surface area contributed by atoms with Crippen LogP contribution in [-0.4, -0.2) is 63.6 Å². The summed E-state index contributed by atoms with van der Waals surface area (Å²) in [5.74, 6) is 1.97. The van der Waals surface area contributed by atoms with E-state index in [0.29, 0.717) is 38.4 Å². The highest BCUT2D eigenvalue weighted by Crippen LogP contribution is 2.57. The van der Waals surface area contributed by atoms with Crippen molar-refractivity contribution in [3.63, 3.8) is 0 Å². The van der Waals surface area contributed by atoms with Crippen LogP contribution in [0.3, 0.4) is 0 Å². The first-order valence-corrected chi connectivity index (χ1v) is 14.3. The number of carbonyl (C=O) groups excluding carboxylic acids is 2. The summed E-state index contributed by atoms with van der Waals surface area (Å²) in [5, 5.41) is 0.118. The summed E-state index contributed by atoms with van der Waals surface area (Å²) in [4.78, 5) is 24.3. The number of esters is 1. The number of Topliss-reactive ketones (excluding diaryl/α,β-unsaturated/α-hetero) is 1. The van der Waals surface area contributed by atoms with E-state index in [9.17, 15) is 9.59 Å². The second-order valence-electron chi connectivity index (χ2n) is 10.7. The Morgan fingerprint density at radius 2 is 1.47 bits per heavy atom. The van der Waals surface area contributed by atoms with Gasteiger partial charge in [0.05, 0.1) is 43.7 Å². The molecular weight excluding hydrogens is 531 g/mol. The molecule has 7 nitrogen and oxygen atoms in total. The summed E-state index contributed by atoms with van der Waals surface area (Å²) < 4.78 is 28.0. The largest absolute Gasteiger partial charge is 0.480 e. The molecule has 0 N–H and O–H groups in total. The van der Waals surface area contributed by atoms with Crippen molar-refractivity contribution in [1.82, 2.24) is 0 Å². The summed E-state index contributed by atoms with van der Waals surface area (Å²) in [6.45, 7) is 7.63. The fraction of sp³-hybridized carbons (Fsp3) is 0.655. The Morgan fingerprint density at radius 1 is 0.895 bits per heavy atom. The second-order valence-corrected chi connectivity index (χ2v) is 11.5. The molecule has 4 aliphatic carbocycles. The topological polar surface area (TPSA) is 80.3 Å². The van der Waals surface area contributed by atoms with Crippen LogP contribution in [0.4, 0.5) is 0 Å². The fourth-order valence-corrected chi connectivity index (χ4v) is 6.87. The molecule has 0 aliphatic heterocycles. The molecule has 4 bridgehead atoms. The standard InChI is InChI=1S/C29H38Cl2O7/c1-3-19(2)28(33)23-4-5-24(27(31)26(23)30)37-18-25(32)36-10-8-34-6-7-35-9-11-38-29-15-20-12-21(16-29)14-22(13-20)17-29/h4-5,20-22H,2-3,6-18H2,1H3. The van der Waals surface area contributed by atoms with Gasteiger partial charge in [-0.2, -0.15) is 0 Å². The van der Waals surface area contributed by atoms with Crippen LogP contribution in [0.5, 0.6) is 5.75 Å². The maximum absolute atomic E-state index is 12.3. The van der Waals surface area contributed by atoms with Gasteiger partial charge in [0.1, 0.15) is 17.4 Å². The van der Waals surface area contributed by atoms with Gasteiger partial charge in [-0.1, -0.05) is 36.7 Å². The lowest BCUT2D eigenvalue weighted by molar-refractivity contribution is -0.169. The smallest absolute Gasteiger partial charge is 0.344 e. The zero-order chi connectivity index (χ0) is 27.1. The fourth-order valence-electron chi connectivity index (χ4n) is 6.41. The van der Waals surface area contributed by atoms with Gasteiger partial charge >= 0.3 is 5.97 Å². The number of ether oxygens (including phenoxy) is 5. The number of halogens is 2. The van der Waals surface area contributed by atoms with Gasteiger partial charge in [0.2, 0.25) is 0 Å². The zero-order valence-electron chi connectivity index (χ0n) is 22.1. The molecule has 0 heterocycles. The van der Waals surface area contributed by atoms with E-state index in [1.807, 2.05) is 6.92 Å². The molecular formula is C29H38Cl2O7. The van der Waals surface area contributed by atoms with Crippen LogP contribution in [0.25, 0.3) is 0 Å². The Bertz CT molecular complexity index is 974. The third-order valence-corrected chi connectivity index (χ3v) is 8.73. The van der Waals surface area contributed by atoms with E-state index < -0.39 is 5.97 Å². The average Bonchev–Trinajstić information content (AvgIpc) is 2.89. The molecule has 1 aromatic rings. The molecule has 0 spiro atoms. The number of ketones is 1. The van der Waals surface area contributed by atoms with Crippen molar-refractivity contribution in [3.8, 4) is 5.75 Å². The molecule has 210 valence electrons. The van der Waals surface area contributed by atoms with Crippen molar-refractivity contribution < 1.29 is 33.3 Å². The zero-order valence-corrected chi connectivity index (χ0v) is 23.6. The Balaban J connectivity index is 1.02. The van der Waals surface area contributed by atoms with Crippen molar-refractivity contribution >= 4 is 35.0 Å². The highest BCUT2D eigenvalue weighted by molar-refractivity contribution is 6.45. The molecule has 0 atom stereocenters. The SMILES string of the molecule is C=C(CC)C(=O)c1ccc(OCC(=O)OCCOCCOCCOC23CC4CC(CC(C4)C2)C3)c(Cl)c1Cl. The first-order chi connectivity index (χ1) is 18.3. The molecule has 9 heteroatoms. The van der Waals surface area contributed by atoms with Crippen molar-refractivity contribution in [1.29, 1.82) is 0 Å². The van der Waals surface area contributed by atoms with Crippen LogP contribution in [0, 0.1) is 17.8 Å². The molecule has 0 saturated heterocycles. The number of hydrogen-bond donors (Lipinski definition) is 0. The Labute approximate surface area is 235 Å². The van der Waals surface area contributed by atoms with E-state index >= 15 is 0 Å². The van der Waals surface area contributed by atoms with E-state index in [2.05, 4.69) is 6.58 Å². The van der Waals surface area contributed by atoms with E-state index in [-0.39, 0.29) is 52.6 Å². The Hall–Kier alpha value is -1.64. The third-order valence-electron chi connectivity index (χ3n) is 7.87. The maximum Gasteiger partial charge on any atom is 0.344 e. The Kier molecular flexibility index (Phi) is 10.5. The highest BCUT2D eigenvalue weighted by atomic mass is 35.5. The van der Waals surface area contributed by atoms with Crippen LogP contribution < -0.4 is 4.74 Å². The van der Waals surface area contributed by atoms with Crippen molar-refractivity contribution in [2.75, 3.05) is 46.2 Å². The Morgan fingerprint density at radius 3 is 2.08 bits per heavy atom. The maximum atomic E-state index is 12.3. The second kappa shape index (κ2) is 13.6. The van der Waals surface area contributed by atoms with Gasteiger partial charge in [-0.05, 0) is 80.4 Å². The predicted molar refractivity (Wildman–Crippen MR) is 145 cm³/mol. The first kappa shape index (κ1) is 29.3. The quantitative estimate of drug-likeness (QED) is 0.103. The van der Waals surface area contributed by atoms with Crippen molar-refractivity contribution in [2.24, 2.45) is 17.8 Å². The van der Waals surface area contributed by atoms with Crippen LogP contribution in [0.2, 0.25) is 10.0 Å². The van der Waals surface area contributed by atoms with E-state index in [1.54, 1.807) is 0 Å². The molecule has 1 aromatic carbocycles. The van der Waals surface area contributed by atoms with Gasteiger partial charge in [-0.3, -0.25) is 4.79 Å². The highest BCUT2D eigenvalue weighted by Gasteiger charge is 2.51. The number of benzene rings is 1. The van der Waals surface area contributed by atoms with Crippen LogP contribution in [0.1, 0.15) is 62.2 Å². The molecule has 38 heavy (non-hydrogen) atoms. The van der Waals surface area contributed by atoms with Crippen LogP contribution in [0.15, 0.2) is 24.3 Å². The number of carbonyl (C=O) groups is 2. The first-order valence-electron chi connectivity index (χ1n) is 13.6. The average molecular weight is 570 g/mol. The van der Waals surface area contributed by atoms with E-state index in [4.69, 9.17) is 46.9 Å². The molecule has 4 saturated carbocycles. The van der Waals surface area contributed by atoms with Gasteiger partial charge in [0.15, 0.2) is 12.4 Å². The van der Waals surface area contributed by atoms with Gasteiger partial charge in [0.25, 0.3) is 0 Å². The lowest BCUT2D eigenvalue weighted by atomic mass is 9.54. The van der Waals surface area contributed by atoms with Crippen LogP contribution in [-0.2, 0) is 23.7 Å². The minimum Gasteiger partial charge on any atom is -0.480 e. The molecule has 0 radical (unpaired) electrons. The monoisotopic (exact) mass is 568 g/mol. The van der Waals surface area contributed by atoms with Gasteiger partial charge in [-0.15, -0.1) is 0 Å². The minimum absolute atomic E-state index is 0.0564.